The lowest BCUT2D eigenvalue weighted by Crippen LogP contribution is -2.15. The van der Waals surface area contributed by atoms with Crippen molar-refractivity contribution >= 4 is 24.8 Å². The third-order valence-electron chi connectivity index (χ3n) is 1.69. The second-order valence-corrected chi connectivity index (χ2v) is 3.72. The molecule has 1 aromatic rings. The van der Waals surface area contributed by atoms with E-state index in [0.29, 0.717) is 6.54 Å². The summed E-state index contributed by atoms with van der Waals surface area (Å²) in [4.78, 5) is 0. The van der Waals surface area contributed by atoms with Gasteiger partial charge in [-0.1, -0.05) is 20.8 Å². The maximum atomic E-state index is 5.53. The summed E-state index contributed by atoms with van der Waals surface area (Å²) in [5.41, 5.74) is 7.90. The van der Waals surface area contributed by atoms with Crippen molar-refractivity contribution in [2.75, 3.05) is 0 Å². The van der Waals surface area contributed by atoms with Gasteiger partial charge in [0.15, 0.2) is 0 Å². The van der Waals surface area contributed by atoms with Gasteiger partial charge in [-0.05, 0) is 0 Å². The molecule has 0 bridgehead atoms. The number of hydrogen-bond donors (Lipinski definition) is 2. The Morgan fingerprint density at radius 2 is 1.92 bits per heavy atom. The normalized spacial score (nSPS) is 10.2. The predicted molar refractivity (Wildman–Crippen MR) is 59.7 cm³/mol. The maximum Gasteiger partial charge on any atom is 0.0535 e. The molecule has 78 valence electrons. The number of halogens is 2. The van der Waals surface area contributed by atoms with Gasteiger partial charge in [0, 0.05) is 23.2 Å². The number of nitrogens with one attached hydrogen (secondary N) is 1. The Morgan fingerprint density at radius 3 is 2.23 bits per heavy atom. The maximum absolute atomic E-state index is 5.53. The molecule has 0 saturated carbocycles. The summed E-state index contributed by atoms with van der Waals surface area (Å²) in [5, 5.41) is 6.92. The van der Waals surface area contributed by atoms with Crippen LogP contribution in [0.3, 0.4) is 0 Å². The molecule has 0 unspecified atom stereocenters. The highest BCUT2D eigenvalue weighted by molar-refractivity contribution is 5.85. The summed E-state index contributed by atoms with van der Waals surface area (Å²) < 4.78 is 0. The minimum absolute atomic E-state index is 0. The van der Waals surface area contributed by atoms with Gasteiger partial charge < -0.3 is 5.73 Å². The van der Waals surface area contributed by atoms with Gasteiger partial charge in [0.05, 0.1) is 6.20 Å². The van der Waals surface area contributed by atoms with Gasteiger partial charge >= 0.3 is 0 Å². The fourth-order valence-electron chi connectivity index (χ4n) is 1.12. The molecule has 5 heteroatoms. The Morgan fingerprint density at radius 1 is 1.38 bits per heavy atom. The molecule has 0 amide bonds. The van der Waals surface area contributed by atoms with Crippen molar-refractivity contribution in [3.8, 4) is 0 Å². The van der Waals surface area contributed by atoms with Crippen molar-refractivity contribution in [2.45, 2.75) is 32.7 Å². The molecule has 13 heavy (non-hydrogen) atoms. The number of aromatic amines is 1. The van der Waals surface area contributed by atoms with Crippen molar-refractivity contribution in [3.63, 3.8) is 0 Å². The first-order valence-electron chi connectivity index (χ1n) is 3.78. The first-order chi connectivity index (χ1) is 5.05. The Bertz CT molecular complexity index is 240. The molecule has 3 nitrogen and oxygen atoms in total. The third-order valence-corrected chi connectivity index (χ3v) is 1.69. The van der Waals surface area contributed by atoms with Gasteiger partial charge in [-0.2, -0.15) is 5.10 Å². The fraction of sp³-hybridized carbons (Fsp3) is 0.625. The van der Waals surface area contributed by atoms with Gasteiger partial charge in [-0.3, -0.25) is 5.10 Å². The molecule has 0 atom stereocenters. The fourth-order valence-corrected chi connectivity index (χ4v) is 1.12. The molecule has 1 rings (SSSR count). The van der Waals surface area contributed by atoms with Crippen LogP contribution in [-0.4, -0.2) is 10.2 Å². The van der Waals surface area contributed by atoms with Crippen molar-refractivity contribution < 1.29 is 0 Å². The van der Waals surface area contributed by atoms with E-state index in [0.717, 1.165) is 11.3 Å². The molecule has 0 aliphatic rings. The molecule has 0 aliphatic heterocycles. The number of hydrogen-bond acceptors (Lipinski definition) is 2. The van der Waals surface area contributed by atoms with E-state index in [4.69, 9.17) is 5.73 Å². The summed E-state index contributed by atoms with van der Waals surface area (Å²) in [7, 11) is 0. The first-order valence-corrected chi connectivity index (χ1v) is 3.78. The molecule has 0 spiro atoms. The average molecular weight is 226 g/mol. The van der Waals surface area contributed by atoms with E-state index in [2.05, 4.69) is 31.0 Å². The Balaban J connectivity index is 0. The molecule has 1 heterocycles. The largest absolute Gasteiger partial charge is 0.326 e. The van der Waals surface area contributed by atoms with Crippen LogP contribution in [0.4, 0.5) is 0 Å². The molecule has 0 fully saturated rings. The number of rotatable bonds is 1. The minimum Gasteiger partial charge on any atom is -0.326 e. The number of aromatic nitrogens is 2. The van der Waals surface area contributed by atoms with E-state index in [1.54, 1.807) is 6.20 Å². The highest BCUT2D eigenvalue weighted by atomic mass is 35.5. The zero-order chi connectivity index (χ0) is 8.48. The molecule has 0 aliphatic carbocycles. The monoisotopic (exact) mass is 225 g/mol. The summed E-state index contributed by atoms with van der Waals surface area (Å²) >= 11 is 0. The molecular weight excluding hydrogens is 209 g/mol. The van der Waals surface area contributed by atoms with Crippen LogP contribution < -0.4 is 5.73 Å². The van der Waals surface area contributed by atoms with Crippen LogP contribution >= 0.6 is 24.8 Å². The molecule has 1 aromatic heterocycles. The molecule has 0 radical (unpaired) electrons. The lowest BCUT2D eigenvalue weighted by molar-refractivity contribution is 0.560. The van der Waals surface area contributed by atoms with Crippen LogP contribution in [0.2, 0.25) is 0 Å². The highest BCUT2D eigenvalue weighted by Crippen LogP contribution is 2.22. The van der Waals surface area contributed by atoms with Gasteiger partial charge in [-0.25, -0.2) is 0 Å². The second-order valence-electron chi connectivity index (χ2n) is 3.72. The van der Waals surface area contributed by atoms with E-state index < -0.39 is 0 Å². The van der Waals surface area contributed by atoms with Crippen LogP contribution in [-0.2, 0) is 12.0 Å². The van der Waals surface area contributed by atoms with Crippen LogP contribution in [0.1, 0.15) is 32.0 Å². The number of nitrogens with zero attached hydrogens (tertiary/aromatic N) is 1. The number of H-pyrrole nitrogens is 1. The Labute approximate surface area is 91.3 Å². The van der Waals surface area contributed by atoms with Crippen LogP contribution in [0.5, 0.6) is 0 Å². The van der Waals surface area contributed by atoms with Gasteiger partial charge in [-0.15, -0.1) is 24.8 Å². The minimum atomic E-state index is 0. The molecule has 0 saturated heterocycles. The predicted octanol–water partition coefficient (Wildman–Crippen LogP) is 2.01. The van der Waals surface area contributed by atoms with E-state index in [9.17, 15) is 0 Å². The Hall–Kier alpha value is -0.250. The lowest BCUT2D eigenvalue weighted by Gasteiger charge is -2.17. The Kier molecular flexibility index (Phi) is 6.41. The smallest absolute Gasteiger partial charge is 0.0535 e. The van der Waals surface area contributed by atoms with Crippen molar-refractivity contribution in [2.24, 2.45) is 5.73 Å². The summed E-state index contributed by atoms with van der Waals surface area (Å²) in [6.07, 6.45) is 1.79. The first kappa shape index (κ1) is 15.2. The van der Waals surface area contributed by atoms with E-state index >= 15 is 0 Å². The summed E-state index contributed by atoms with van der Waals surface area (Å²) in [5.74, 6) is 0. The van der Waals surface area contributed by atoms with Gasteiger partial charge in [0.2, 0.25) is 0 Å². The second kappa shape index (κ2) is 5.47. The van der Waals surface area contributed by atoms with Crippen molar-refractivity contribution in [1.82, 2.24) is 10.2 Å². The van der Waals surface area contributed by atoms with Crippen LogP contribution in [0.15, 0.2) is 6.20 Å². The zero-order valence-electron chi connectivity index (χ0n) is 8.13. The third kappa shape index (κ3) is 3.55. The van der Waals surface area contributed by atoms with Crippen LogP contribution in [0.25, 0.3) is 0 Å². The van der Waals surface area contributed by atoms with Crippen molar-refractivity contribution in [3.05, 3.63) is 17.5 Å². The standard InChI is InChI=1S/C8H15N3.2ClH/c1-8(2,3)7-6(4-9)5-10-11-7;;/h5H,4,9H2,1-3H3,(H,10,11);2*1H. The van der Waals surface area contributed by atoms with Crippen LogP contribution in [0, 0.1) is 0 Å². The summed E-state index contributed by atoms with van der Waals surface area (Å²) in [6.45, 7) is 6.97. The quantitative estimate of drug-likeness (QED) is 0.769. The van der Waals surface area contributed by atoms with E-state index in [1.807, 2.05) is 0 Å². The van der Waals surface area contributed by atoms with Gasteiger partial charge in [0.1, 0.15) is 0 Å². The van der Waals surface area contributed by atoms with Gasteiger partial charge in [0.25, 0.3) is 0 Å². The molecule has 0 aromatic carbocycles. The van der Waals surface area contributed by atoms with E-state index in [1.165, 1.54) is 0 Å². The number of nitrogens with two attached hydrogens (primary N) is 1. The van der Waals surface area contributed by atoms with Crippen molar-refractivity contribution in [1.29, 1.82) is 0 Å². The topological polar surface area (TPSA) is 54.7 Å². The average Bonchev–Trinajstić information content (AvgIpc) is 2.31. The SMILES string of the molecule is CC(C)(C)c1[nH]ncc1CN.Cl.Cl. The highest BCUT2D eigenvalue weighted by Gasteiger charge is 2.18. The zero-order valence-corrected chi connectivity index (χ0v) is 9.76. The van der Waals surface area contributed by atoms with E-state index in [-0.39, 0.29) is 30.2 Å². The summed E-state index contributed by atoms with van der Waals surface area (Å²) in [6, 6.07) is 0. The molecular formula is C8H17Cl2N3. The lowest BCUT2D eigenvalue weighted by atomic mass is 9.90. The molecule has 3 N–H and O–H groups in total.